The minimum Gasteiger partial charge on any atom is -0.198 e. The average molecular weight is 313 g/mol. The van der Waals surface area contributed by atoms with Crippen LogP contribution in [-0.4, -0.2) is 36.7 Å². The number of hydrogen-bond donors (Lipinski definition) is 1. The van der Waals surface area contributed by atoms with Gasteiger partial charge in [-0.05, 0) is 26.2 Å². The van der Waals surface area contributed by atoms with Crippen molar-refractivity contribution in [3.8, 4) is 0 Å². The molecule has 1 aliphatic rings. The maximum absolute atomic E-state index is 12.1. The molecule has 1 heterocycles. The Hall–Kier alpha value is 0.350. The first-order valence-corrected chi connectivity index (χ1v) is 8.42. The summed E-state index contributed by atoms with van der Waals surface area (Å²) in [5.74, 6) is 0. The molecule has 4 nitrogen and oxygen atoms in total. The van der Waals surface area contributed by atoms with Crippen LogP contribution in [0, 0.1) is 0 Å². The van der Waals surface area contributed by atoms with Crippen LogP contribution >= 0.6 is 15.9 Å². The third-order valence-electron chi connectivity index (χ3n) is 3.05. The lowest BCUT2D eigenvalue weighted by Crippen LogP contribution is -2.50. The molecule has 0 amide bonds. The van der Waals surface area contributed by atoms with E-state index in [0.29, 0.717) is 11.9 Å². The van der Waals surface area contributed by atoms with E-state index < -0.39 is 10.2 Å². The highest BCUT2D eigenvalue weighted by Gasteiger charge is 2.30. The molecule has 0 radical (unpaired) electrons. The summed E-state index contributed by atoms with van der Waals surface area (Å²) in [7, 11) is -3.30. The Morgan fingerprint density at radius 2 is 2.19 bits per heavy atom. The van der Waals surface area contributed by atoms with Gasteiger partial charge in [-0.15, -0.1) is 0 Å². The summed E-state index contributed by atoms with van der Waals surface area (Å²) in [4.78, 5) is 0. The van der Waals surface area contributed by atoms with Gasteiger partial charge in [0, 0.05) is 24.0 Å². The molecule has 0 aromatic heterocycles. The Bertz CT molecular complexity index is 304. The molecule has 0 saturated carbocycles. The zero-order valence-corrected chi connectivity index (χ0v) is 12.3. The van der Waals surface area contributed by atoms with Gasteiger partial charge in [-0.2, -0.15) is 17.4 Å². The average Bonchev–Trinajstić information content (AvgIpc) is 2.26. The van der Waals surface area contributed by atoms with E-state index in [-0.39, 0.29) is 12.1 Å². The van der Waals surface area contributed by atoms with Gasteiger partial charge < -0.3 is 0 Å². The van der Waals surface area contributed by atoms with Crippen LogP contribution in [0.5, 0.6) is 0 Å². The summed E-state index contributed by atoms with van der Waals surface area (Å²) in [5.41, 5.74) is 0. The van der Waals surface area contributed by atoms with Crippen molar-refractivity contribution in [2.75, 3.05) is 11.9 Å². The van der Waals surface area contributed by atoms with Crippen LogP contribution in [0.4, 0.5) is 0 Å². The highest BCUT2D eigenvalue weighted by atomic mass is 79.9. The topological polar surface area (TPSA) is 49.4 Å². The van der Waals surface area contributed by atoms with Gasteiger partial charge in [0.2, 0.25) is 0 Å². The zero-order chi connectivity index (χ0) is 12.2. The molecule has 96 valence electrons. The van der Waals surface area contributed by atoms with Crippen LogP contribution in [0.15, 0.2) is 0 Å². The van der Waals surface area contributed by atoms with E-state index in [4.69, 9.17) is 0 Å². The molecule has 0 spiro atoms. The number of rotatable bonds is 5. The van der Waals surface area contributed by atoms with Gasteiger partial charge in [0.05, 0.1) is 0 Å². The Morgan fingerprint density at radius 3 is 2.69 bits per heavy atom. The van der Waals surface area contributed by atoms with Crippen molar-refractivity contribution >= 4 is 26.1 Å². The first-order chi connectivity index (χ1) is 7.51. The second-order valence-corrected chi connectivity index (χ2v) is 6.64. The first kappa shape index (κ1) is 14.4. The lowest BCUT2D eigenvalue weighted by atomic mass is 10.1. The Morgan fingerprint density at radius 1 is 1.50 bits per heavy atom. The van der Waals surface area contributed by atoms with Gasteiger partial charge in [0.15, 0.2) is 0 Å². The van der Waals surface area contributed by atoms with E-state index in [1.807, 2.05) is 13.8 Å². The van der Waals surface area contributed by atoms with Gasteiger partial charge in [-0.3, -0.25) is 0 Å². The van der Waals surface area contributed by atoms with Crippen molar-refractivity contribution in [2.45, 2.75) is 51.6 Å². The first-order valence-electron chi connectivity index (χ1n) is 5.86. The monoisotopic (exact) mass is 312 g/mol. The second-order valence-electron chi connectivity index (χ2n) is 4.34. The van der Waals surface area contributed by atoms with E-state index in [0.717, 1.165) is 25.7 Å². The molecule has 1 saturated heterocycles. The molecule has 0 aromatic rings. The Kier molecular flexibility index (Phi) is 5.70. The summed E-state index contributed by atoms with van der Waals surface area (Å²) in [6, 6.07) is 0.109. The van der Waals surface area contributed by atoms with Gasteiger partial charge in [0.1, 0.15) is 0 Å². The molecule has 1 aliphatic heterocycles. The lowest BCUT2D eigenvalue weighted by Gasteiger charge is -2.33. The fourth-order valence-corrected chi connectivity index (χ4v) is 4.52. The van der Waals surface area contributed by atoms with Crippen molar-refractivity contribution < 1.29 is 8.42 Å². The Balaban J connectivity index is 2.68. The van der Waals surface area contributed by atoms with Crippen molar-refractivity contribution in [1.29, 1.82) is 0 Å². The molecule has 0 aromatic carbocycles. The molecule has 0 aliphatic carbocycles. The normalized spacial score (nSPS) is 25.6. The van der Waals surface area contributed by atoms with Crippen LogP contribution in [0.2, 0.25) is 0 Å². The predicted octanol–water partition coefficient (Wildman–Crippen LogP) is 1.87. The molecule has 2 atom stereocenters. The molecular formula is C10H21BrN2O2S. The smallest absolute Gasteiger partial charge is 0.198 e. The summed E-state index contributed by atoms with van der Waals surface area (Å²) >= 11 is 3.32. The number of alkyl halides is 1. The van der Waals surface area contributed by atoms with Gasteiger partial charge in [0.25, 0.3) is 10.2 Å². The maximum atomic E-state index is 12.1. The molecule has 1 N–H and O–H groups in total. The molecule has 1 fully saturated rings. The summed E-state index contributed by atoms with van der Waals surface area (Å²) in [6.07, 6.45) is 3.86. The van der Waals surface area contributed by atoms with E-state index in [1.54, 1.807) is 4.31 Å². The zero-order valence-electron chi connectivity index (χ0n) is 9.95. The SMILES string of the molecule is CCC(CBr)NS(=O)(=O)N1CCCCC1C. The van der Waals surface area contributed by atoms with Crippen molar-refractivity contribution in [3.63, 3.8) is 0 Å². The molecule has 0 bridgehead atoms. The highest BCUT2D eigenvalue weighted by molar-refractivity contribution is 9.09. The fourth-order valence-electron chi connectivity index (χ4n) is 1.93. The number of piperidine rings is 1. The number of nitrogens with one attached hydrogen (secondary N) is 1. The molecular weight excluding hydrogens is 292 g/mol. The maximum Gasteiger partial charge on any atom is 0.279 e. The standard InChI is InChI=1S/C10H21BrN2O2S/c1-3-10(8-11)12-16(14,15)13-7-5-4-6-9(13)2/h9-10,12H,3-8H2,1-2H3. The summed E-state index contributed by atoms with van der Waals surface area (Å²) < 4.78 is 28.6. The highest BCUT2D eigenvalue weighted by Crippen LogP contribution is 2.19. The van der Waals surface area contributed by atoms with E-state index in [2.05, 4.69) is 20.7 Å². The van der Waals surface area contributed by atoms with Crippen LogP contribution in [0.3, 0.4) is 0 Å². The predicted molar refractivity (Wildman–Crippen MR) is 69.9 cm³/mol. The number of nitrogens with zero attached hydrogens (tertiary/aromatic N) is 1. The molecule has 6 heteroatoms. The van der Waals surface area contributed by atoms with Gasteiger partial charge in [-0.1, -0.05) is 29.3 Å². The van der Waals surface area contributed by atoms with Crippen LogP contribution in [0.25, 0.3) is 0 Å². The summed E-state index contributed by atoms with van der Waals surface area (Å²) in [5, 5.41) is 0.658. The molecule has 16 heavy (non-hydrogen) atoms. The van der Waals surface area contributed by atoms with E-state index in [9.17, 15) is 8.42 Å². The lowest BCUT2D eigenvalue weighted by molar-refractivity contribution is 0.264. The van der Waals surface area contributed by atoms with Gasteiger partial charge >= 0.3 is 0 Å². The quantitative estimate of drug-likeness (QED) is 0.788. The van der Waals surface area contributed by atoms with E-state index >= 15 is 0 Å². The van der Waals surface area contributed by atoms with Crippen molar-refractivity contribution in [3.05, 3.63) is 0 Å². The van der Waals surface area contributed by atoms with Crippen molar-refractivity contribution in [2.24, 2.45) is 0 Å². The van der Waals surface area contributed by atoms with Gasteiger partial charge in [-0.25, -0.2) is 0 Å². The largest absolute Gasteiger partial charge is 0.279 e. The molecule has 2 unspecified atom stereocenters. The van der Waals surface area contributed by atoms with Crippen LogP contribution < -0.4 is 4.72 Å². The second kappa shape index (κ2) is 6.33. The van der Waals surface area contributed by atoms with Crippen molar-refractivity contribution in [1.82, 2.24) is 9.03 Å². The Labute approximate surface area is 107 Å². The fraction of sp³-hybridized carbons (Fsp3) is 1.00. The summed E-state index contributed by atoms with van der Waals surface area (Å²) in [6.45, 7) is 4.61. The van der Waals surface area contributed by atoms with Crippen LogP contribution in [-0.2, 0) is 10.2 Å². The minimum atomic E-state index is -3.30. The number of hydrogen-bond acceptors (Lipinski definition) is 2. The number of halogens is 1. The third kappa shape index (κ3) is 3.68. The van der Waals surface area contributed by atoms with E-state index in [1.165, 1.54) is 0 Å². The van der Waals surface area contributed by atoms with Crippen LogP contribution in [0.1, 0.15) is 39.5 Å². The molecule has 1 rings (SSSR count). The minimum absolute atomic E-state index is 0.0147. The third-order valence-corrected chi connectivity index (χ3v) is 5.62.